The summed E-state index contributed by atoms with van der Waals surface area (Å²) < 4.78 is 0. The maximum Gasteiger partial charge on any atom is 0.282 e. The van der Waals surface area contributed by atoms with E-state index in [0.717, 1.165) is 10.6 Å². The van der Waals surface area contributed by atoms with Crippen molar-refractivity contribution in [3.63, 3.8) is 0 Å². The number of rotatable bonds is 5. The summed E-state index contributed by atoms with van der Waals surface area (Å²) in [6, 6.07) is 21.3. The number of anilines is 3. The zero-order valence-electron chi connectivity index (χ0n) is 16.9. The van der Waals surface area contributed by atoms with Gasteiger partial charge in [0, 0.05) is 35.5 Å². The number of imide groups is 1. The number of nitrogens with zero attached hydrogens (tertiary/aromatic N) is 2. The van der Waals surface area contributed by atoms with Crippen LogP contribution in [-0.4, -0.2) is 25.9 Å². The number of benzene rings is 3. The number of carbonyl (C=O) groups excluding carboxylic acids is 2. The lowest BCUT2D eigenvalue weighted by molar-refractivity contribution is -0.120. The van der Waals surface area contributed by atoms with E-state index in [0.29, 0.717) is 32.6 Å². The lowest BCUT2D eigenvalue weighted by Gasteiger charge is -2.16. The predicted octanol–water partition coefficient (Wildman–Crippen LogP) is 5.46. The smallest absolute Gasteiger partial charge is 0.282 e. The molecule has 3 aromatic rings. The second-order valence-electron chi connectivity index (χ2n) is 7.26. The molecule has 1 aliphatic heterocycles. The van der Waals surface area contributed by atoms with E-state index in [9.17, 15) is 9.59 Å². The van der Waals surface area contributed by atoms with Gasteiger partial charge in [0.05, 0.1) is 11.3 Å². The van der Waals surface area contributed by atoms with Crippen molar-refractivity contribution in [1.82, 2.24) is 0 Å². The maximum absolute atomic E-state index is 13.4. The van der Waals surface area contributed by atoms with E-state index in [1.807, 2.05) is 61.5 Å². The minimum atomic E-state index is -0.473. The van der Waals surface area contributed by atoms with E-state index in [1.165, 1.54) is 0 Å². The fourth-order valence-corrected chi connectivity index (χ4v) is 3.92. The van der Waals surface area contributed by atoms with Gasteiger partial charge in [-0.1, -0.05) is 53.5 Å². The number of amides is 2. The molecular formula is C24H19Cl2N3O2. The van der Waals surface area contributed by atoms with Gasteiger partial charge in [-0.25, -0.2) is 4.90 Å². The molecule has 1 N–H and O–H groups in total. The third-order valence-corrected chi connectivity index (χ3v) is 5.34. The zero-order chi connectivity index (χ0) is 22.1. The number of carbonyl (C=O) groups is 2. The summed E-state index contributed by atoms with van der Waals surface area (Å²) in [6.45, 7) is 0. The second kappa shape index (κ2) is 8.46. The molecule has 0 aliphatic carbocycles. The molecule has 5 nitrogen and oxygen atoms in total. The van der Waals surface area contributed by atoms with Crippen molar-refractivity contribution in [1.29, 1.82) is 0 Å². The van der Waals surface area contributed by atoms with Gasteiger partial charge in [-0.05, 0) is 48.0 Å². The molecule has 0 atom stereocenters. The predicted molar refractivity (Wildman–Crippen MR) is 127 cm³/mol. The summed E-state index contributed by atoms with van der Waals surface area (Å²) in [5.41, 5.74) is 3.17. The number of nitrogens with one attached hydrogen (secondary N) is 1. The largest absolute Gasteiger partial charge is 0.378 e. The van der Waals surface area contributed by atoms with Crippen LogP contribution in [0, 0.1) is 0 Å². The van der Waals surface area contributed by atoms with Crippen molar-refractivity contribution in [3.05, 3.63) is 94.1 Å². The van der Waals surface area contributed by atoms with Crippen molar-refractivity contribution in [2.75, 3.05) is 29.2 Å². The molecule has 0 aromatic heterocycles. The van der Waals surface area contributed by atoms with Gasteiger partial charge in [0.1, 0.15) is 5.70 Å². The quantitative estimate of drug-likeness (QED) is 0.523. The standard InChI is InChI=1S/C24H19Cl2N3O2/c1-28(2)19-10-8-18(9-11-19)27-22-21(15-6-4-3-5-7-15)23(30)29(24(22)31)20-13-16(25)12-17(26)14-20/h3-14,27H,1-2H3. The van der Waals surface area contributed by atoms with Gasteiger partial charge in [0.25, 0.3) is 11.8 Å². The minimum absolute atomic E-state index is 0.199. The Morgan fingerprint density at radius 2 is 1.42 bits per heavy atom. The van der Waals surface area contributed by atoms with Gasteiger partial charge in [-0.2, -0.15) is 0 Å². The summed E-state index contributed by atoms with van der Waals surface area (Å²) in [7, 11) is 3.90. The third kappa shape index (κ3) is 4.15. The van der Waals surface area contributed by atoms with Gasteiger partial charge in [0.15, 0.2) is 0 Å². The third-order valence-electron chi connectivity index (χ3n) is 4.90. The molecule has 0 fully saturated rings. The Labute approximate surface area is 190 Å². The summed E-state index contributed by atoms with van der Waals surface area (Å²) in [5.74, 6) is -0.916. The Bertz CT molecular complexity index is 1170. The lowest BCUT2D eigenvalue weighted by atomic mass is 10.0. The first-order chi connectivity index (χ1) is 14.8. The van der Waals surface area contributed by atoms with Crippen LogP contribution in [-0.2, 0) is 9.59 Å². The average molecular weight is 452 g/mol. The highest BCUT2D eigenvalue weighted by Crippen LogP contribution is 2.36. The van der Waals surface area contributed by atoms with Crippen molar-refractivity contribution < 1.29 is 9.59 Å². The number of halogens is 2. The van der Waals surface area contributed by atoms with Crippen LogP contribution in [0.25, 0.3) is 5.57 Å². The Morgan fingerprint density at radius 3 is 2.00 bits per heavy atom. The van der Waals surface area contributed by atoms with E-state index in [1.54, 1.807) is 30.3 Å². The van der Waals surface area contributed by atoms with E-state index < -0.39 is 11.8 Å². The van der Waals surface area contributed by atoms with Crippen LogP contribution in [0.15, 0.2) is 78.5 Å². The fraction of sp³-hybridized carbons (Fsp3) is 0.0833. The van der Waals surface area contributed by atoms with Crippen LogP contribution in [0.5, 0.6) is 0 Å². The topological polar surface area (TPSA) is 52.7 Å². The molecule has 3 aromatic carbocycles. The van der Waals surface area contributed by atoms with Crippen LogP contribution in [0.2, 0.25) is 10.0 Å². The van der Waals surface area contributed by atoms with Crippen LogP contribution < -0.4 is 15.1 Å². The molecule has 0 unspecified atom stereocenters. The number of hydrogen-bond donors (Lipinski definition) is 1. The highest BCUT2D eigenvalue weighted by molar-refractivity contribution is 6.46. The first-order valence-electron chi connectivity index (χ1n) is 9.54. The van der Waals surface area contributed by atoms with Gasteiger partial charge in [-0.3, -0.25) is 9.59 Å². The van der Waals surface area contributed by atoms with Crippen molar-refractivity contribution in [2.24, 2.45) is 0 Å². The van der Waals surface area contributed by atoms with Crippen molar-refractivity contribution in [3.8, 4) is 0 Å². The monoisotopic (exact) mass is 451 g/mol. The first-order valence-corrected chi connectivity index (χ1v) is 10.3. The normalized spacial score (nSPS) is 13.7. The molecule has 0 saturated carbocycles. The van der Waals surface area contributed by atoms with E-state index >= 15 is 0 Å². The van der Waals surface area contributed by atoms with E-state index in [4.69, 9.17) is 23.2 Å². The van der Waals surface area contributed by atoms with Gasteiger partial charge < -0.3 is 10.2 Å². The van der Waals surface area contributed by atoms with Crippen LogP contribution in [0.1, 0.15) is 5.56 Å². The number of hydrogen-bond acceptors (Lipinski definition) is 4. The lowest BCUT2D eigenvalue weighted by Crippen LogP contribution is -2.32. The Balaban J connectivity index is 1.78. The van der Waals surface area contributed by atoms with Gasteiger partial charge in [-0.15, -0.1) is 0 Å². The van der Waals surface area contributed by atoms with Gasteiger partial charge >= 0.3 is 0 Å². The molecule has 4 rings (SSSR count). The molecule has 0 saturated heterocycles. The zero-order valence-corrected chi connectivity index (χ0v) is 18.4. The second-order valence-corrected chi connectivity index (χ2v) is 8.13. The molecule has 7 heteroatoms. The summed E-state index contributed by atoms with van der Waals surface area (Å²) >= 11 is 12.2. The molecule has 1 heterocycles. The summed E-state index contributed by atoms with van der Waals surface area (Å²) in [4.78, 5) is 29.9. The molecule has 0 bridgehead atoms. The molecule has 0 spiro atoms. The summed E-state index contributed by atoms with van der Waals surface area (Å²) in [5, 5.41) is 3.82. The van der Waals surface area contributed by atoms with Crippen molar-refractivity contribution in [2.45, 2.75) is 0 Å². The van der Waals surface area contributed by atoms with Crippen LogP contribution in [0.3, 0.4) is 0 Å². The van der Waals surface area contributed by atoms with Crippen molar-refractivity contribution >= 4 is 57.7 Å². The molecular weight excluding hydrogens is 433 g/mol. The van der Waals surface area contributed by atoms with E-state index in [2.05, 4.69) is 5.32 Å². The van der Waals surface area contributed by atoms with E-state index in [-0.39, 0.29) is 5.70 Å². The highest BCUT2D eigenvalue weighted by Gasteiger charge is 2.40. The van der Waals surface area contributed by atoms with Gasteiger partial charge in [0.2, 0.25) is 0 Å². The Morgan fingerprint density at radius 1 is 0.806 bits per heavy atom. The Hall–Kier alpha value is -3.28. The summed E-state index contributed by atoms with van der Waals surface area (Å²) in [6.07, 6.45) is 0. The molecule has 31 heavy (non-hydrogen) atoms. The average Bonchev–Trinajstić information content (AvgIpc) is 2.98. The highest BCUT2D eigenvalue weighted by atomic mass is 35.5. The molecule has 156 valence electrons. The molecule has 1 aliphatic rings. The SMILES string of the molecule is CN(C)c1ccc(NC2=C(c3ccccc3)C(=O)N(c3cc(Cl)cc(Cl)c3)C2=O)cc1. The van der Waals surface area contributed by atoms with Crippen LogP contribution >= 0.6 is 23.2 Å². The fourth-order valence-electron chi connectivity index (χ4n) is 3.41. The first kappa shape index (κ1) is 21.0. The minimum Gasteiger partial charge on any atom is -0.378 e. The Kier molecular flexibility index (Phi) is 5.72. The molecule has 2 amide bonds. The maximum atomic E-state index is 13.4. The van der Waals surface area contributed by atoms with Crippen LogP contribution in [0.4, 0.5) is 17.1 Å². The molecule has 0 radical (unpaired) electrons.